The van der Waals surface area contributed by atoms with Crippen molar-refractivity contribution in [3.8, 4) is 11.1 Å². The van der Waals surface area contributed by atoms with Crippen molar-refractivity contribution in [1.29, 1.82) is 0 Å². The Balaban J connectivity index is 2.59. The van der Waals surface area contributed by atoms with Crippen LogP contribution in [-0.2, 0) is 10.1 Å². The molecule has 0 aliphatic carbocycles. The summed E-state index contributed by atoms with van der Waals surface area (Å²) in [6.07, 6.45) is 0. The van der Waals surface area contributed by atoms with Gasteiger partial charge < -0.3 is 0 Å². The molecule has 0 atom stereocenters. The van der Waals surface area contributed by atoms with Crippen molar-refractivity contribution in [3.05, 3.63) is 63.5 Å². The lowest BCUT2D eigenvalue weighted by atomic mass is 10.0. The number of hydrogen-bond acceptors (Lipinski definition) is 2. The van der Waals surface area contributed by atoms with E-state index in [1.165, 1.54) is 0 Å². The van der Waals surface area contributed by atoms with Crippen LogP contribution in [-0.4, -0.2) is 13.0 Å². The molecule has 0 saturated carbocycles. The number of rotatable bonds is 2. The highest BCUT2D eigenvalue weighted by Gasteiger charge is 2.25. The Bertz CT molecular complexity index is 968. The molecule has 0 saturated heterocycles. The molecule has 0 bridgehead atoms. The van der Waals surface area contributed by atoms with E-state index < -0.39 is 10.1 Å². The van der Waals surface area contributed by atoms with Crippen molar-refractivity contribution in [3.63, 3.8) is 0 Å². The summed E-state index contributed by atoms with van der Waals surface area (Å²) in [4.78, 5) is -0.0932. The van der Waals surface area contributed by atoms with Gasteiger partial charge in [-0.15, -0.1) is 0 Å². The first-order valence-corrected chi connectivity index (χ1v) is 9.36. The Labute approximate surface area is 145 Å². The summed E-state index contributed by atoms with van der Waals surface area (Å²) in [7, 11) is -4.40. The van der Waals surface area contributed by atoms with E-state index in [9.17, 15) is 13.0 Å². The largest absolute Gasteiger partial charge is 0.295 e. The van der Waals surface area contributed by atoms with Gasteiger partial charge >= 0.3 is 0 Å². The standard InChI is InChI=1S/C16H10Br2O3S/c17-14-11-8-4-5-9-12(11)16(22(19,20)21)13(15(14)18)10-6-2-1-3-7-10/h1-9H,(H,19,20,21). The smallest absolute Gasteiger partial charge is 0.282 e. The van der Waals surface area contributed by atoms with Gasteiger partial charge in [-0.1, -0.05) is 54.6 Å². The minimum absolute atomic E-state index is 0.0932. The van der Waals surface area contributed by atoms with E-state index in [1.807, 2.05) is 24.3 Å². The van der Waals surface area contributed by atoms with Crippen LogP contribution in [0.2, 0.25) is 0 Å². The predicted octanol–water partition coefficient (Wildman–Crippen LogP) is 5.28. The molecule has 3 aromatic rings. The predicted molar refractivity (Wildman–Crippen MR) is 94.6 cm³/mol. The van der Waals surface area contributed by atoms with Gasteiger partial charge in [-0.2, -0.15) is 8.42 Å². The molecular weight excluding hydrogens is 432 g/mol. The van der Waals surface area contributed by atoms with Gasteiger partial charge in [-0.3, -0.25) is 4.55 Å². The van der Waals surface area contributed by atoms with Gasteiger partial charge in [0.1, 0.15) is 4.90 Å². The SMILES string of the molecule is O=S(=O)(O)c1c(-c2ccccc2)c(Br)c(Br)c2ccccc12. The highest BCUT2D eigenvalue weighted by molar-refractivity contribution is 9.13. The monoisotopic (exact) mass is 440 g/mol. The van der Waals surface area contributed by atoms with Crippen LogP contribution in [0.3, 0.4) is 0 Å². The zero-order chi connectivity index (χ0) is 15.9. The Kier molecular flexibility index (Phi) is 4.11. The maximum Gasteiger partial charge on any atom is 0.295 e. The molecular formula is C16H10Br2O3S. The second-order valence-corrected chi connectivity index (χ2v) is 7.66. The third kappa shape index (κ3) is 2.60. The molecule has 0 radical (unpaired) electrons. The fourth-order valence-electron chi connectivity index (χ4n) is 2.47. The maximum absolute atomic E-state index is 12.0. The summed E-state index contributed by atoms with van der Waals surface area (Å²) in [5, 5.41) is 1.18. The van der Waals surface area contributed by atoms with E-state index in [-0.39, 0.29) is 4.90 Å². The van der Waals surface area contributed by atoms with Crippen LogP contribution in [0.15, 0.2) is 68.4 Å². The lowest BCUT2D eigenvalue weighted by molar-refractivity contribution is 0.484. The van der Waals surface area contributed by atoms with Crippen LogP contribution in [0.5, 0.6) is 0 Å². The quantitative estimate of drug-likeness (QED) is 0.550. The minimum Gasteiger partial charge on any atom is -0.282 e. The number of halogens is 2. The van der Waals surface area contributed by atoms with E-state index in [2.05, 4.69) is 31.9 Å². The summed E-state index contributed by atoms with van der Waals surface area (Å²) in [6.45, 7) is 0. The van der Waals surface area contributed by atoms with Gasteiger partial charge in [-0.05, 0) is 42.8 Å². The second kappa shape index (κ2) is 5.77. The average Bonchev–Trinajstić information content (AvgIpc) is 2.50. The van der Waals surface area contributed by atoms with Gasteiger partial charge in [0, 0.05) is 19.9 Å². The van der Waals surface area contributed by atoms with Crippen LogP contribution >= 0.6 is 31.9 Å². The number of fused-ring (bicyclic) bond motifs is 1. The lowest BCUT2D eigenvalue weighted by Gasteiger charge is -2.15. The zero-order valence-corrected chi connectivity index (χ0v) is 15.1. The van der Waals surface area contributed by atoms with Crippen molar-refractivity contribution in [2.75, 3.05) is 0 Å². The van der Waals surface area contributed by atoms with Crippen molar-refractivity contribution < 1.29 is 13.0 Å². The van der Waals surface area contributed by atoms with Crippen LogP contribution in [0.4, 0.5) is 0 Å². The number of hydrogen-bond donors (Lipinski definition) is 1. The molecule has 3 rings (SSSR count). The summed E-state index contributed by atoms with van der Waals surface area (Å²) in [5.41, 5.74) is 1.14. The van der Waals surface area contributed by atoms with Gasteiger partial charge in [0.25, 0.3) is 10.1 Å². The maximum atomic E-state index is 12.0. The average molecular weight is 442 g/mol. The summed E-state index contributed by atoms with van der Waals surface area (Å²) in [6, 6.07) is 16.1. The molecule has 0 unspecified atom stereocenters. The van der Waals surface area contributed by atoms with Crippen molar-refractivity contribution in [1.82, 2.24) is 0 Å². The fraction of sp³-hybridized carbons (Fsp3) is 0. The van der Waals surface area contributed by atoms with Gasteiger partial charge in [0.05, 0.1) is 0 Å². The van der Waals surface area contributed by atoms with Gasteiger partial charge in [-0.25, -0.2) is 0 Å². The molecule has 0 aliphatic rings. The topological polar surface area (TPSA) is 54.4 Å². The van der Waals surface area contributed by atoms with Crippen LogP contribution in [0.25, 0.3) is 21.9 Å². The van der Waals surface area contributed by atoms with E-state index in [1.54, 1.807) is 30.3 Å². The summed E-state index contributed by atoms with van der Waals surface area (Å²) in [5.74, 6) is 0. The zero-order valence-electron chi connectivity index (χ0n) is 11.1. The summed E-state index contributed by atoms with van der Waals surface area (Å²) >= 11 is 6.97. The van der Waals surface area contributed by atoms with Crippen LogP contribution in [0.1, 0.15) is 0 Å². The van der Waals surface area contributed by atoms with E-state index in [4.69, 9.17) is 0 Å². The first-order chi connectivity index (χ1) is 10.4. The van der Waals surface area contributed by atoms with Crippen molar-refractivity contribution >= 4 is 52.8 Å². The van der Waals surface area contributed by atoms with Crippen molar-refractivity contribution in [2.24, 2.45) is 0 Å². The van der Waals surface area contributed by atoms with E-state index in [0.29, 0.717) is 26.4 Å². The Morgan fingerprint density at radius 3 is 1.91 bits per heavy atom. The molecule has 0 aromatic heterocycles. The molecule has 0 aliphatic heterocycles. The molecule has 1 N–H and O–H groups in total. The molecule has 112 valence electrons. The lowest BCUT2D eigenvalue weighted by Crippen LogP contribution is -2.03. The molecule has 0 amide bonds. The highest BCUT2D eigenvalue weighted by Crippen LogP contribution is 2.44. The van der Waals surface area contributed by atoms with Crippen LogP contribution < -0.4 is 0 Å². The Morgan fingerprint density at radius 2 is 1.32 bits per heavy atom. The van der Waals surface area contributed by atoms with E-state index in [0.717, 1.165) is 4.47 Å². The van der Waals surface area contributed by atoms with Crippen LogP contribution in [0, 0.1) is 0 Å². The molecule has 0 spiro atoms. The molecule has 0 fully saturated rings. The Hall–Kier alpha value is -1.21. The molecule has 0 heterocycles. The first kappa shape index (κ1) is 15.7. The molecule has 3 nitrogen and oxygen atoms in total. The number of benzene rings is 3. The van der Waals surface area contributed by atoms with E-state index >= 15 is 0 Å². The van der Waals surface area contributed by atoms with Gasteiger partial charge in [0.2, 0.25) is 0 Å². The van der Waals surface area contributed by atoms with Crippen molar-refractivity contribution in [2.45, 2.75) is 4.90 Å². The van der Waals surface area contributed by atoms with Gasteiger partial charge in [0.15, 0.2) is 0 Å². The molecule has 6 heteroatoms. The Morgan fingerprint density at radius 1 is 0.773 bits per heavy atom. The third-order valence-corrected chi connectivity index (χ3v) is 6.46. The summed E-state index contributed by atoms with van der Waals surface area (Å²) < 4.78 is 35.2. The normalized spacial score (nSPS) is 11.8. The highest BCUT2D eigenvalue weighted by atomic mass is 79.9. The molecule has 22 heavy (non-hydrogen) atoms. The third-order valence-electron chi connectivity index (χ3n) is 3.37. The second-order valence-electron chi connectivity index (χ2n) is 4.72. The fourth-order valence-corrected chi connectivity index (χ4v) is 4.72. The minimum atomic E-state index is -4.40. The first-order valence-electron chi connectivity index (χ1n) is 6.34. The molecule has 3 aromatic carbocycles.